The van der Waals surface area contributed by atoms with Crippen LogP contribution in [0, 0.1) is 15.9 Å². The first-order valence-electron chi connectivity index (χ1n) is 8.29. The monoisotopic (exact) mass is 405 g/mol. The summed E-state index contributed by atoms with van der Waals surface area (Å²) in [5.41, 5.74) is -0.564. The molecule has 1 atom stereocenters. The number of halogens is 1. The number of nitrogens with zero attached hydrogens (tertiary/aromatic N) is 4. The van der Waals surface area contributed by atoms with Gasteiger partial charge in [-0.1, -0.05) is 11.8 Å². The third-order valence-corrected chi connectivity index (χ3v) is 4.92. The number of rotatable bonds is 7. The van der Waals surface area contributed by atoms with Crippen molar-refractivity contribution in [3.63, 3.8) is 0 Å². The molecule has 0 aliphatic heterocycles. The molecule has 0 bridgehead atoms. The van der Waals surface area contributed by atoms with E-state index in [-0.39, 0.29) is 5.69 Å². The van der Waals surface area contributed by atoms with Crippen molar-refractivity contribution in [3.05, 3.63) is 52.5 Å². The van der Waals surface area contributed by atoms with Gasteiger partial charge in [0.1, 0.15) is 0 Å². The fourth-order valence-corrected chi connectivity index (χ4v) is 3.35. The molecule has 3 rings (SSSR count). The lowest BCUT2D eigenvalue weighted by Gasteiger charge is -2.12. The van der Waals surface area contributed by atoms with Crippen LogP contribution in [0.5, 0.6) is 0 Å². The molecule has 11 heteroatoms. The highest BCUT2D eigenvalue weighted by molar-refractivity contribution is 8.00. The molecule has 0 saturated heterocycles. The Morgan fingerprint density at radius 3 is 2.86 bits per heavy atom. The zero-order valence-electron chi connectivity index (χ0n) is 15.0. The van der Waals surface area contributed by atoms with Crippen LogP contribution in [0.4, 0.5) is 15.8 Å². The Balaban J connectivity index is 1.73. The van der Waals surface area contributed by atoms with E-state index in [1.165, 1.54) is 24.1 Å². The lowest BCUT2D eigenvalue weighted by Crippen LogP contribution is -2.23. The van der Waals surface area contributed by atoms with Crippen LogP contribution in [0.1, 0.15) is 13.8 Å². The van der Waals surface area contributed by atoms with Crippen LogP contribution >= 0.6 is 11.8 Å². The lowest BCUT2D eigenvalue weighted by molar-refractivity contribution is -0.387. The largest absolute Gasteiger partial charge is 0.461 e. The maximum absolute atomic E-state index is 13.4. The molecule has 1 aromatic carbocycles. The molecule has 1 unspecified atom stereocenters. The Morgan fingerprint density at radius 2 is 2.21 bits per heavy atom. The maximum atomic E-state index is 13.4. The fourth-order valence-electron chi connectivity index (χ4n) is 2.43. The molecule has 1 N–H and O–H groups in total. The SMILES string of the molecule is CCn1c(SC(C)C(=O)Nc2ccc(F)c([N+](=O)[O-])c2)nnc1-c1ccco1. The van der Waals surface area contributed by atoms with Crippen molar-refractivity contribution in [3.8, 4) is 11.6 Å². The van der Waals surface area contributed by atoms with E-state index in [9.17, 15) is 19.3 Å². The number of carbonyl (C=O) groups is 1. The second-order valence-electron chi connectivity index (χ2n) is 5.70. The minimum atomic E-state index is -0.966. The van der Waals surface area contributed by atoms with E-state index < -0.39 is 27.6 Å². The van der Waals surface area contributed by atoms with Crippen LogP contribution < -0.4 is 5.32 Å². The van der Waals surface area contributed by atoms with E-state index in [2.05, 4.69) is 15.5 Å². The van der Waals surface area contributed by atoms with Crippen molar-refractivity contribution < 1.29 is 18.5 Å². The first-order valence-corrected chi connectivity index (χ1v) is 9.17. The summed E-state index contributed by atoms with van der Waals surface area (Å²) in [7, 11) is 0. The van der Waals surface area contributed by atoms with Gasteiger partial charge in [-0.15, -0.1) is 10.2 Å². The van der Waals surface area contributed by atoms with Gasteiger partial charge in [0.2, 0.25) is 11.7 Å². The second-order valence-corrected chi connectivity index (χ2v) is 7.01. The smallest absolute Gasteiger partial charge is 0.306 e. The van der Waals surface area contributed by atoms with Crippen molar-refractivity contribution in [1.29, 1.82) is 0 Å². The third-order valence-electron chi connectivity index (χ3n) is 3.84. The summed E-state index contributed by atoms with van der Waals surface area (Å²) in [4.78, 5) is 22.4. The van der Waals surface area contributed by atoms with Gasteiger partial charge in [-0.2, -0.15) is 4.39 Å². The highest BCUT2D eigenvalue weighted by Crippen LogP contribution is 2.28. The number of nitrogens with one attached hydrogen (secondary N) is 1. The van der Waals surface area contributed by atoms with Crippen LogP contribution in [0.3, 0.4) is 0 Å². The number of anilines is 1. The molecule has 0 spiro atoms. The number of benzene rings is 1. The minimum Gasteiger partial charge on any atom is -0.461 e. The molecule has 0 aliphatic rings. The number of carbonyl (C=O) groups excluding carboxylic acids is 1. The molecule has 0 radical (unpaired) electrons. The summed E-state index contributed by atoms with van der Waals surface area (Å²) in [6.45, 7) is 4.16. The molecule has 1 amide bonds. The number of amides is 1. The number of nitro benzene ring substituents is 1. The molecule has 2 heterocycles. The molecule has 3 aromatic rings. The van der Waals surface area contributed by atoms with Gasteiger partial charge in [0, 0.05) is 18.3 Å². The zero-order chi connectivity index (χ0) is 20.3. The first-order chi connectivity index (χ1) is 13.4. The number of thioether (sulfide) groups is 1. The Labute approximate surface area is 163 Å². The molecule has 146 valence electrons. The van der Waals surface area contributed by atoms with E-state index in [0.717, 1.165) is 12.1 Å². The lowest BCUT2D eigenvalue weighted by atomic mass is 10.2. The number of hydrogen-bond donors (Lipinski definition) is 1. The van der Waals surface area contributed by atoms with Gasteiger partial charge in [-0.05, 0) is 38.1 Å². The Bertz CT molecular complexity index is 1010. The summed E-state index contributed by atoms with van der Waals surface area (Å²) in [5, 5.41) is 21.6. The van der Waals surface area contributed by atoms with Gasteiger partial charge >= 0.3 is 5.69 Å². The predicted octanol–water partition coefficient (Wildman–Crippen LogP) is 3.72. The summed E-state index contributed by atoms with van der Waals surface area (Å²) < 4.78 is 20.6. The molecule has 0 fully saturated rings. The number of furan rings is 1. The summed E-state index contributed by atoms with van der Waals surface area (Å²) in [6.07, 6.45) is 1.54. The minimum absolute atomic E-state index is 0.138. The van der Waals surface area contributed by atoms with Crippen LogP contribution in [0.15, 0.2) is 46.2 Å². The highest BCUT2D eigenvalue weighted by atomic mass is 32.2. The van der Waals surface area contributed by atoms with E-state index in [4.69, 9.17) is 4.42 Å². The highest BCUT2D eigenvalue weighted by Gasteiger charge is 2.22. The van der Waals surface area contributed by atoms with Crippen LogP contribution in [-0.2, 0) is 11.3 Å². The normalized spacial score (nSPS) is 12.0. The average molecular weight is 405 g/mol. The quantitative estimate of drug-likeness (QED) is 0.362. The Morgan fingerprint density at radius 1 is 1.43 bits per heavy atom. The van der Waals surface area contributed by atoms with Gasteiger partial charge in [0.25, 0.3) is 0 Å². The first kappa shape index (κ1) is 19.5. The molecular formula is C17H16FN5O4S. The Kier molecular flexibility index (Phi) is 5.73. The molecular weight excluding hydrogens is 389 g/mol. The number of aromatic nitrogens is 3. The Hall–Kier alpha value is -3.21. The van der Waals surface area contributed by atoms with Crippen molar-refractivity contribution in [1.82, 2.24) is 14.8 Å². The predicted molar refractivity (Wildman–Crippen MR) is 100 cm³/mol. The summed E-state index contributed by atoms with van der Waals surface area (Å²) >= 11 is 1.18. The maximum Gasteiger partial charge on any atom is 0.306 e. The van der Waals surface area contributed by atoms with Crippen molar-refractivity contribution >= 4 is 29.0 Å². The van der Waals surface area contributed by atoms with Crippen molar-refractivity contribution in [2.45, 2.75) is 30.8 Å². The average Bonchev–Trinajstić information content (AvgIpc) is 3.32. The van der Waals surface area contributed by atoms with Crippen LogP contribution in [0.25, 0.3) is 11.6 Å². The number of nitro groups is 1. The van der Waals surface area contributed by atoms with Crippen LogP contribution in [-0.4, -0.2) is 30.8 Å². The number of hydrogen-bond acceptors (Lipinski definition) is 7. The van der Waals surface area contributed by atoms with Gasteiger partial charge in [-0.25, -0.2) is 0 Å². The summed E-state index contributed by atoms with van der Waals surface area (Å²) in [6, 6.07) is 6.70. The standard InChI is InChI=1S/C17H16FN5O4S/c1-3-22-15(14-5-4-8-27-14)20-21-17(22)28-10(2)16(24)19-11-6-7-12(18)13(9-11)23(25)26/h4-10H,3H2,1-2H3,(H,19,24). The van der Waals surface area contributed by atoms with E-state index >= 15 is 0 Å². The molecule has 9 nitrogen and oxygen atoms in total. The van der Waals surface area contributed by atoms with Crippen LogP contribution in [0.2, 0.25) is 0 Å². The topological polar surface area (TPSA) is 116 Å². The second kappa shape index (κ2) is 8.21. The van der Waals surface area contributed by atoms with Gasteiger partial charge in [0.15, 0.2) is 16.7 Å². The van der Waals surface area contributed by atoms with Gasteiger partial charge in [-0.3, -0.25) is 19.5 Å². The molecule has 2 aromatic heterocycles. The third kappa shape index (κ3) is 4.03. The zero-order valence-corrected chi connectivity index (χ0v) is 15.8. The van der Waals surface area contributed by atoms with E-state index in [1.54, 1.807) is 19.1 Å². The molecule has 0 aliphatic carbocycles. The van der Waals surface area contributed by atoms with E-state index in [1.807, 2.05) is 11.5 Å². The summed E-state index contributed by atoms with van der Waals surface area (Å²) in [5.74, 6) is -0.253. The molecule has 28 heavy (non-hydrogen) atoms. The van der Waals surface area contributed by atoms with E-state index in [0.29, 0.717) is 23.3 Å². The fraction of sp³-hybridized carbons (Fsp3) is 0.235. The van der Waals surface area contributed by atoms with Crippen molar-refractivity contribution in [2.75, 3.05) is 5.32 Å². The van der Waals surface area contributed by atoms with Gasteiger partial charge in [0.05, 0.1) is 16.4 Å². The van der Waals surface area contributed by atoms with Gasteiger partial charge < -0.3 is 9.73 Å². The van der Waals surface area contributed by atoms with Crippen molar-refractivity contribution in [2.24, 2.45) is 0 Å². The molecule has 0 saturated carbocycles.